The second kappa shape index (κ2) is 4.95. The summed E-state index contributed by atoms with van der Waals surface area (Å²) in [4.78, 5) is 32.8. The van der Waals surface area contributed by atoms with Crippen LogP contribution in [-0.2, 0) is 9.53 Å². The SMILES string of the molecule is COC1=CC[C@]2([N+](=O)[O-])C[NH+](CC(=O)[O-])C[C@@]1([N+](=O)[O-])C2. The summed E-state index contributed by atoms with van der Waals surface area (Å²) in [6.45, 7) is -0.775. The van der Waals surface area contributed by atoms with E-state index in [4.69, 9.17) is 4.74 Å². The number of nitro groups is 2. The van der Waals surface area contributed by atoms with Crippen LogP contribution in [0.4, 0.5) is 0 Å². The first-order valence-electron chi connectivity index (χ1n) is 6.33. The molecule has 10 heteroatoms. The molecule has 2 aliphatic rings. The van der Waals surface area contributed by atoms with Crippen LogP contribution >= 0.6 is 0 Å². The number of rotatable bonds is 5. The molecule has 1 aliphatic carbocycles. The maximum Gasteiger partial charge on any atom is 0.331 e. The number of hydrogen-bond donors (Lipinski definition) is 1. The van der Waals surface area contributed by atoms with Gasteiger partial charge in [-0.2, -0.15) is 0 Å². The first-order valence-corrected chi connectivity index (χ1v) is 6.33. The molecule has 1 fully saturated rings. The zero-order chi connectivity index (χ0) is 15.8. The van der Waals surface area contributed by atoms with Crippen molar-refractivity contribution in [3.8, 4) is 0 Å². The monoisotopic (exact) mass is 301 g/mol. The average Bonchev–Trinajstić information content (AvgIpc) is 2.37. The van der Waals surface area contributed by atoms with Crippen LogP contribution in [0, 0.1) is 20.2 Å². The van der Waals surface area contributed by atoms with Gasteiger partial charge in [-0.05, 0) is 6.08 Å². The lowest BCUT2D eigenvalue weighted by atomic mass is 9.71. The van der Waals surface area contributed by atoms with Gasteiger partial charge in [0.15, 0.2) is 12.3 Å². The van der Waals surface area contributed by atoms with E-state index in [1.165, 1.54) is 13.2 Å². The van der Waals surface area contributed by atoms with E-state index in [0.29, 0.717) is 0 Å². The fourth-order valence-corrected chi connectivity index (χ4v) is 3.43. The van der Waals surface area contributed by atoms with Gasteiger partial charge in [0.1, 0.15) is 19.5 Å². The van der Waals surface area contributed by atoms with Gasteiger partial charge in [0.2, 0.25) is 0 Å². The third kappa shape index (κ3) is 2.31. The number of quaternary nitrogens is 1. The summed E-state index contributed by atoms with van der Waals surface area (Å²) in [5.41, 5.74) is -3.30. The van der Waals surface area contributed by atoms with Crippen LogP contribution in [0.1, 0.15) is 12.8 Å². The van der Waals surface area contributed by atoms with Crippen molar-refractivity contribution in [1.29, 1.82) is 0 Å². The average molecular weight is 301 g/mol. The van der Waals surface area contributed by atoms with E-state index in [2.05, 4.69) is 0 Å². The number of piperidine rings is 1. The number of aliphatic carboxylic acids is 1. The first-order chi connectivity index (χ1) is 9.75. The van der Waals surface area contributed by atoms with Crippen molar-refractivity contribution >= 4 is 5.97 Å². The summed E-state index contributed by atoms with van der Waals surface area (Å²) >= 11 is 0. The minimum Gasteiger partial charge on any atom is -0.544 e. The van der Waals surface area contributed by atoms with Crippen LogP contribution in [0.2, 0.25) is 0 Å². The fourth-order valence-electron chi connectivity index (χ4n) is 3.43. The quantitative estimate of drug-likeness (QED) is 0.421. The van der Waals surface area contributed by atoms with Crippen LogP contribution in [0.5, 0.6) is 0 Å². The van der Waals surface area contributed by atoms with E-state index in [1.807, 2.05) is 0 Å². The van der Waals surface area contributed by atoms with E-state index < -0.39 is 33.4 Å². The molecular formula is C11H15N3O7. The van der Waals surface area contributed by atoms with Gasteiger partial charge in [0.25, 0.3) is 5.54 Å². The minimum absolute atomic E-state index is 0.0185. The second-order valence-corrected chi connectivity index (χ2v) is 5.58. The number of nitrogens with zero attached hydrogens (tertiary/aromatic N) is 2. The third-order valence-electron chi connectivity index (χ3n) is 4.22. The van der Waals surface area contributed by atoms with Gasteiger partial charge in [0.05, 0.1) is 13.1 Å². The molecule has 21 heavy (non-hydrogen) atoms. The van der Waals surface area contributed by atoms with E-state index in [0.717, 1.165) is 0 Å². The Labute approximate surface area is 119 Å². The summed E-state index contributed by atoms with van der Waals surface area (Å²) < 4.78 is 5.04. The molecule has 1 heterocycles. The maximum absolute atomic E-state index is 11.5. The van der Waals surface area contributed by atoms with Crippen molar-refractivity contribution in [3.63, 3.8) is 0 Å². The molecule has 0 aromatic rings. The van der Waals surface area contributed by atoms with Crippen molar-refractivity contribution in [2.24, 2.45) is 0 Å². The first kappa shape index (κ1) is 15.2. The molecule has 1 unspecified atom stereocenters. The zero-order valence-electron chi connectivity index (χ0n) is 11.4. The summed E-state index contributed by atoms with van der Waals surface area (Å²) in [7, 11) is 1.27. The number of methoxy groups -OCH3 is 1. The Bertz CT molecular complexity index is 534. The Morgan fingerprint density at radius 1 is 1.38 bits per heavy atom. The molecule has 1 N–H and O–H groups in total. The molecule has 10 nitrogen and oxygen atoms in total. The number of nitrogens with one attached hydrogen (secondary N) is 1. The van der Waals surface area contributed by atoms with Gasteiger partial charge >= 0.3 is 5.54 Å². The minimum atomic E-state index is -1.76. The Kier molecular flexibility index (Phi) is 3.58. The van der Waals surface area contributed by atoms with Gasteiger partial charge < -0.3 is 19.5 Å². The largest absolute Gasteiger partial charge is 0.544 e. The number of hydrogen-bond acceptors (Lipinski definition) is 7. The van der Waals surface area contributed by atoms with Gasteiger partial charge in [-0.15, -0.1) is 0 Å². The number of likely N-dealkylation sites (tertiary alicyclic amines) is 1. The summed E-state index contributed by atoms with van der Waals surface area (Å²) in [6.07, 6.45) is 1.07. The van der Waals surface area contributed by atoms with E-state index in [9.17, 15) is 30.1 Å². The second-order valence-electron chi connectivity index (χ2n) is 5.58. The number of carbonyl (C=O) groups excluding carboxylic acids is 1. The lowest BCUT2D eigenvalue weighted by Crippen LogP contribution is -3.19. The fraction of sp³-hybridized carbons (Fsp3) is 0.727. The summed E-state index contributed by atoms with van der Waals surface area (Å²) in [6, 6.07) is 0. The smallest absolute Gasteiger partial charge is 0.331 e. The Hall–Kier alpha value is -2.23. The van der Waals surface area contributed by atoms with Crippen LogP contribution < -0.4 is 10.0 Å². The zero-order valence-corrected chi connectivity index (χ0v) is 11.4. The van der Waals surface area contributed by atoms with E-state index >= 15 is 0 Å². The molecule has 2 bridgehead atoms. The molecule has 116 valence electrons. The number of carboxylic acids is 1. The Morgan fingerprint density at radius 2 is 2.05 bits per heavy atom. The predicted molar refractivity (Wildman–Crippen MR) is 64.3 cm³/mol. The van der Waals surface area contributed by atoms with E-state index in [-0.39, 0.29) is 36.6 Å². The molecule has 0 amide bonds. The third-order valence-corrected chi connectivity index (χ3v) is 4.22. The van der Waals surface area contributed by atoms with E-state index in [1.54, 1.807) is 0 Å². The van der Waals surface area contributed by atoms with Gasteiger partial charge in [-0.25, -0.2) is 0 Å². The highest BCUT2D eigenvalue weighted by Crippen LogP contribution is 2.40. The summed E-state index contributed by atoms with van der Waals surface area (Å²) in [5, 5.41) is 33.7. The molecule has 1 saturated heterocycles. The van der Waals surface area contributed by atoms with Gasteiger partial charge in [-0.1, -0.05) is 0 Å². The number of fused-ring (bicyclic) bond motifs is 2. The Morgan fingerprint density at radius 3 is 2.52 bits per heavy atom. The molecule has 2 rings (SSSR count). The molecule has 1 aliphatic heterocycles. The maximum atomic E-state index is 11.5. The molecule has 3 atom stereocenters. The van der Waals surface area contributed by atoms with Crippen LogP contribution in [0.3, 0.4) is 0 Å². The van der Waals surface area contributed by atoms with Crippen molar-refractivity contribution in [1.82, 2.24) is 0 Å². The van der Waals surface area contributed by atoms with Gasteiger partial charge in [0, 0.05) is 16.3 Å². The van der Waals surface area contributed by atoms with Crippen LogP contribution in [0.25, 0.3) is 0 Å². The lowest BCUT2D eigenvalue weighted by molar-refractivity contribution is -0.939. The molecule has 0 aromatic heterocycles. The molecular weight excluding hydrogens is 286 g/mol. The molecule has 0 saturated carbocycles. The number of carbonyl (C=O) groups is 1. The number of ether oxygens (including phenoxy) is 1. The Balaban J connectivity index is 2.49. The van der Waals surface area contributed by atoms with Gasteiger partial charge in [-0.3, -0.25) is 20.2 Å². The van der Waals surface area contributed by atoms with Crippen molar-refractivity contribution in [2.75, 3.05) is 26.7 Å². The highest BCUT2D eigenvalue weighted by molar-refractivity contribution is 5.65. The van der Waals surface area contributed by atoms with Crippen molar-refractivity contribution < 1.29 is 29.4 Å². The molecule has 0 aromatic carbocycles. The highest BCUT2D eigenvalue weighted by atomic mass is 16.6. The van der Waals surface area contributed by atoms with Crippen LogP contribution in [-0.4, -0.2) is 53.6 Å². The molecule has 0 radical (unpaired) electrons. The highest BCUT2D eigenvalue weighted by Gasteiger charge is 2.69. The van der Waals surface area contributed by atoms with Crippen molar-refractivity contribution in [3.05, 3.63) is 32.1 Å². The normalized spacial score (nSPS) is 34.7. The standard InChI is InChI=1S/C11H15N3O7/c1-21-8-2-3-10(13(17)18)5-11(8,14(19)20)7-12(6-10)4-9(15)16/h2H,3-7H2,1H3,(H,15,16)/t10-,11+/m1/s1. The topological polar surface area (TPSA) is 140 Å². The number of carboxylic acid groups (broad SMARTS) is 1. The lowest BCUT2D eigenvalue weighted by Gasteiger charge is -2.43. The van der Waals surface area contributed by atoms with Crippen LogP contribution in [0.15, 0.2) is 11.8 Å². The predicted octanol–water partition coefficient (Wildman–Crippen LogP) is -3.01. The van der Waals surface area contributed by atoms with Crippen molar-refractivity contribution in [2.45, 2.75) is 23.9 Å². The molecule has 0 spiro atoms. The summed E-state index contributed by atoms with van der Waals surface area (Å²) in [5.74, 6) is -1.34.